The van der Waals surface area contributed by atoms with Crippen molar-refractivity contribution in [3.05, 3.63) is 88.8 Å². The van der Waals surface area contributed by atoms with Gasteiger partial charge in [-0.1, -0.05) is 42.5 Å². The summed E-state index contributed by atoms with van der Waals surface area (Å²) in [7, 11) is 0. The van der Waals surface area contributed by atoms with Crippen molar-refractivity contribution in [2.45, 2.75) is 109 Å². The molecule has 4 atom stereocenters. The van der Waals surface area contributed by atoms with Crippen LogP contribution in [-0.4, -0.2) is 56.2 Å². The predicted molar refractivity (Wildman–Crippen MR) is 166 cm³/mol. The van der Waals surface area contributed by atoms with Crippen molar-refractivity contribution < 1.29 is 13.9 Å². The third-order valence-electron chi connectivity index (χ3n) is 9.40. The number of ether oxygens (including phenoxy) is 1. The fourth-order valence-corrected chi connectivity index (χ4v) is 7.63. The van der Waals surface area contributed by atoms with E-state index >= 15 is 0 Å². The van der Waals surface area contributed by atoms with Crippen molar-refractivity contribution in [1.82, 2.24) is 24.7 Å². The molecular formula is C35H46FN5O2. The molecule has 2 bridgehead atoms. The molecule has 3 aliphatic rings. The molecule has 0 spiro atoms. The molecule has 8 heteroatoms. The van der Waals surface area contributed by atoms with Crippen LogP contribution in [0.15, 0.2) is 54.6 Å². The summed E-state index contributed by atoms with van der Waals surface area (Å²) in [6.45, 7) is 11.6. The van der Waals surface area contributed by atoms with Crippen LogP contribution in [0.4, 0.5) is 9.18 Å². The molecule has 1 aromatic heterocycles. The Morgan fingerprint density at radius 2 is 1.81 bits per heavy atom. The largest absolute Gasteiger partial charge is 0.444 e. The number of amides is 1. The van der Waals surface area contributed by atoms with E-state index < -0.39 is 11.7 Å². The number of rotatable bonds is 8. The maximum absolute atomic E-state index is 14.2. The topological polar surface area (TPSA) is 62.6 Å². The minimum atomic E-state index is -0.596. The summed E-state index contributed by atoms with van der Waals surface area (Å²) in [5, 5.41) is 3.03. The van der Waals surface area contributed by atoms with E-state index in [1.165, 1.54) is 41.9 Å². The Kier molecular flexibility index (Phi) is 8.60. The van der Waals surface area contributed by atoms with Gasteiger partial charge in [0.05, 0.1) is 17.4 Å². The maximum atomic E-state index is 14.2. The standard InChI is InChI=1S/C35H46FN5O2/c1-24-37-32-15-17-39(22-25-9-6-5-7-10-25)23-33(32)41(24)30-20-28-13-14-29(21-30)40(28)18-16-31(26-11-8-12-27(36)19-26)38-34(42)43-35(2,3)4/h5-12,19,28-31H,13-18,20-23H2,1-4H3,(H,38,42)/t28-,29+,30?,31-/m0/s1. The van der Waals surface area contributed by atoms with Gasteiger partial charge in [0.2, 0.25) is 0 Å². The second-order valence-corrected chi connectivity index (χ2v) is 13.7. The van der Waals surface area contributed by atoms with E-state index in [-0.39, 0.29) is 11.9 Å². The molecular weight excluding hydrogens is 541 g/mol. The van der Waals surface area contributed by atoms with E-state index in [0.717, 1.165) is 56.8 Å². The van der Waals surface area contributed by atoms with Gasteiger partial charge in [0.25, 0.3) is 0 Å². The molecule has 0 aliphatic carbocycles. The molecule has 43 heavy (non-hydrogen) atoms. The smallest absolute Gasteiger partial charge is 0.408 e. The van der Waals surface area contributed by atoms with E-state index in [2.05, 4.69) is 56.9 Å². The minimum Gasteiger partial charge on any atom is -0.444 e. The quantitative estimate of drug-likeness (QED) is 0.317. The third kappa shape index (κ3) is 6.96. The Morgan fingerprint density at radius 1 is 1.07 bits per heavy atom. The van der Waals surface area contributed by atoms with Gasteiger partial charge >= 0.3 is 6.09 Å². The molecule has 0 radical (unpaired) electrons. The summed E-state index contributed by atoms with van der Waals surface area (Å²) in [5.74, 6) is 0.855. The highest BCUT2D eigenvalue weighted by Gasteiger charge is 2.42. The highest BCUT2D eigenvalue weighted by atomic mass is 19.1. The average Bonchev–Trinajstić information content (AvgIpc) is 3.40. The van der Waals surface area contributed by atoms with Crippen LogP contribution in [0.2, 0.25) is 0 Å². The lowest BCUT2D eigenvalue weighted by Gasteiger charge is -2.41. The zero-order valence-electron chi connectivity index (χ0n) is 26.1. The molecule has 230 valence electrons. The van der Waals surface area contributed by atoms with Crippen molar-refractivity contribution in [2.75, 3.05) is 13.1 Å². The number of fused-ring (bicyclic) bond motifs is 3. The number of aryl methyl sites for hydroxylation is 1. The van der Waals surface area contributed by atoms with Crippen LogP contribution in [0.25, 0.3) is 0 Å². The van der Waals surface area contributed by atoms with Crippen LogP contribution in [-0.2, 0) is 24.2 Å². The molecule has 1 N–H and O–H groups in total. The van der Waals surface area contributed by atoms with Gasteiger partial charge < -0.3 is 14.6 Å². The van der Waals surface area contributed by atoms with Crippen LogP contribution in [0.3, 0.4) is 0 Å². The van der Waals surface area contributed by atoms with Crippen LogP contribution >= 0.6 is 0 Å². The number of hydrogen-bond donors (Lipinski definition) is 1. The molecule has 0 saturated carbocycles. The van der Waals surface area contributed by atoms with Gasteiger partial charge in [-0.15, -0.1) is 0 Å². The summed E-state index contributed by atoms with van der Waals surface area (Å²) in [6, 6.07) is 18.5. The molecule has 2 aromatic carbocycles. The van der Waals surface area contributed by atoms with E-state index in [1.807, 2.05) is 26.8 Å². The first-order valence-corrected chi connectivity index (χ1v) is 16.0. The fourth-order valence-electron chi connectivity index (χ4n) is 7.63. The lowest BCUT2D eigenvalue weighted by molar-refractivity contribution is 0.0488. The Labute approximate surface area is 255 Å². The molecule has 3 aliphatic heterocycles. The number of aromatic nitrogens is 2. The van der Waals surface area contributed by atoms with Crippen LogP contribution in [0.1, 0.15) is 93.3 Å². The normalized spacial score (nSPS) is 23.1. The number of benzene rings is 2. The molecule has 4 heterocycles. The summed E-state index contributed by atoms with van der Waals surface area (Å²) in [4.78, 5) is 23.0. The Bertz CT molecular complexity index is 1400. The van der Waals surface area contributed by atoms with Gasteiger partial charge in [0.1, 0.15) is 17.2 Å². The van der Waals surface area contributed by atoms with Crippen LogP contribution in [0, 0.1) is 12.7 Å². The Morgan fingerprint density at radius 3 is 2.51 bits per heavy atom. The molecule has 1 unspecified atom stereocenters. The molecule has 1 amide bonds. The van der Waals surface area contributed by atoms with Crippen molar-refractivity contribution >= 4 is 6.09 Å². The van der Waals surface area contributed by atoms with E-state index in [1.54, 1.807) is 6.07 Å². The fraction of sp³-hybridized carbons (Fsp3) is 0.543. The first-order chi connectivity index (χ1) is 20.6. The number of halogens is 1. The summed E-state index contributed by atoms with van der Waals surface area (Å²) in [5.41, 5.74) is 4.22. The zero-order chi connectivity index (χ0) is 30.1. The maximum Gasteiger partial charge on any atom is 0.408 e. The number of carbonyl (C=O) groups excluding carboxylic acids is 1. The zero-order valence-corrected chi connectivity index (χ0v) is 26.1. The number of nitrogens with one attached hydrogen (secondary N) is 1. The van der Waals surface area contributed by atoms with Gasteiger partial charge in [-0.3, -0.25) is 9.80 Å². The molecule has 2 fully saturated rings. The first kappa shape index (κ1) is 29.8. The highest BCUT2D eigenvalue weighted by Crippen LogP contribution is 2.43. The highest BCUT2D eigenvalue weighted by molar-refractivity contribution is 5.68. The SMILES string of the molecule is Cc1nc2c(n1C1C[C@H]3CC[C@@H](C1)N3CC[C@H](NC(=O)OC(C)(C)C)c1cccc(F)c1)CN(Cc1ccccc1)CC2. The van der Waals surface area contributed by atoms with Crippen LogP contribution < -0.4 is 5.32 Å². The lowest BCUT2D eigenvalue weighted by Crippen LogP contribution is -2.45. The summed E-state index contributed by atoms with van der Waals surface area (Å²) >= 11 is 0. The van der Waals surface area contributed by atoms with Crippen molar-refractivity contribution in [1.29, 1.82) is 0 Å². The monoisotopic (exact) mass is 587 g/mol. The van der Waals surface area contributed by atoms with Crippen molar-refractivity contribution in [3.63, 3.8) is 0 Å². The number of carbonyl (C=O) groups is 1. The van der Waals surface area contributed by atoms with Gasteiger partial charge in [-0.25, -0.2) is 14.2 Å². The Hall–Kier alpha value is -3.23. The number of hydrogen-bond acceptors (Lipinski definition) is 5. The number of alkyl carbamates (subject to hydrolysis) is 1. The minimum absolute atomic E-state index is 0.296. The van der Waals surface area contributed by atoms with Gasteiger partial charge in [-0.05, 0) is 83.1 Å². The average molecular weight is 588 g/mol. The second-order valence-electron chi connectivity index (χ2n) is 13.7. The third-order valence-corrected chi connectivity index (χ3v) is 9.40. The number of imidazole rings is 1. The van der Waals surface area contributed by atoms with E-state index in [0.29, 0.717) is 24.5 Å². The van der Waals surface area contributed by atoms with Crippen LogP contribution in [0.5, 0.6) is 0 Å². The van der Waals surface area contributed by atoms with E-state index in [9.17, 15) is 9.18 Å². The van der Waals surface area contributed by atoms with E-state index in [4.69, 9.17) is 9.72 Å². The molecule has 7 nitrogen and oxygen atoms in total. The number of piperidine rings is 1. The molecule has 6 rings (SSSR count). The molecule has 3 aromatic rings. The Balaban J connectivity index is 1.13. The van der Waals surface area contributed by atoms with Gasteiger partial charge in [0, 0.05) is 50.7 Å². The summed E-state index contributed by atoms with van der Waals surface area (Å²) in [6.07, 6.45) is 5.86. The van der Waals surface area contributed by atoms with Crippen molar-refractivity contribution in [3.8, 4) is 0 Å². The predicted octanol–water partition coefficient (Wildman–Crippen LogP) is 6.71. The van der Waals surface area contributed by atoms with Gasteiger partial charge in [-0.2, -0.15) is 0 Å². The first-order valence-electron chi connectivity index (χ1n) is 16.0. The van der Waals surface area contributed by atoms with Gasteiger partial charge in [0.15, 0.2) is 0 Å². The second kappa shape index (κ2) is 12.4. The molecule has 2 saturated heterocycles. The number of nitrogens with zero attached hydrogens (tertiary/aromatic N) is 4. The summed E-state index contributed by atoms with van der Waals surface area (Å²) < 4.78 is 22.3. The van der Waals surface area contributed by atoms with Crippen molar-refractivity contribution in [2.24, 2.45) is 0 Å². The lowest BCUT2D eigenvalue weighted by atomic mass is 9.95.